The highest BCUT2D eigenvalue weighted by molar-refractivity contribution is 5.98. The normalized spacial score (nSPS) is 11.3. The van der Waals surface area contributed by atoms with Gasteiger partial charge >= 0.3 is 18.2 Å². The molecule has 0 fully saturated rings. The van der Waals surface area contributed by atoms with E-state index in [1.54, 1.807) is 13.8 Å². The number of nitrogens with one attached hydrogen (secondary N) is 1. The summed E-state index contributed by atoms with van der Waals surface area (Å²) in [5, 5.41) is 10.9. The molecule has 1 aromatic rings. The summed E-state index contributed by atoms with van der Waals surface area (Å²) in [6, 6.07) is 1.95. The van der Waals surface area contributed by atoms with E-state index in [-0.39, 0.29) is 0 Å². The molecule has 0 aliphatic heterocycles. The van der Waals surface area contributed by atoms with Crippen molar-refractivity contribution >= 4 is 17.7 Å². The summed E-state index contributed by atoms with van der Waals surface area (Å²) in [7, 11) is 0. The van der Waals surface area contributed by atoms with Gasteiger partial charge in [0, 0.05) is 0 Å². The Morgan fingerprint density at radius 2 is 1.90 bits per heavy atom. The minimum absolute atomic E-state index is 0.460. The lowest BCUT2D eigenvalue weighted by molar-refractivity contribution is -0.137. The van der Waals surface area contributed by atoms with E-state index in [9.17, 15) is 22.8 Å². The first-order valence-corrected chi connectivity index (χ1v) is 5.53. The highest BCUT2D eigenvalue weighted by Gasteiger charge is 2.31. The van der Waals surface area contributed by atoms with Crippen LogP contribution in [0.1, 0.15) is 29.8 Å². The van der Waals surface area contributed by atoms with Gasteiger partial charge in [0.25, 0.3) is 0 Å². The van der Waals surface area contributed by atoms with Crippen molar-refractivity contribution in [3.8, 4) is 0 Å². The largest absolute Gasteiger partial charge is 0.478 e. The third-order valence-electron chi connectivity index (χ3n) is 2.16. The maximum atomic E-state index is 12.6. The van der Waals surface area contributed by atoms with Crippen LogP contribution in [0.5, 0.6) is 0 Å². The van der Waals surface area contributed by atoms with E-state index in [1.807, 2.05) is 5.32 Å². The number of carboxylic acids is 1. The van der Waals surface area contributed by atoms with Gasteiger partial charge in [-0.25, -0.2) is 9.59 Å². The quantitative estimate of drug-likeness (QED) is 0.895. The van der Waals surface area contributed by atoms with Crippen LogP contribution in [0.2, 0.25) is 0 Å². The Hall–Kier alpha value is -2.25. The number of anilines is 1. The van der Waals surface area contributed by atoms with Crippen LogP contribution in [0.3, 0.4) is 0 Å². The molecule has 1 rings (SSSR count). The molecule has 0 atom stereocenters. The number of carbonyl (C=O) groups excluding carboxylic acids is 1. The van der Waals surface area contributed by atoms with Gasteiger partial charge in [0.15, 0.2) is 0 Å². The van der Waals surface area contributed by atoms with Crippen LogP contribution in [0.25, 0.3) is 0 Å². The van der Waals surface area contributed by atoms with Crippen LogP contribution in [0.4, 0.5) is 23.7 Å². The topological polar surface area (TPSA) is 75.6 Å². The fourth-order valence-electron chi connectivity index (χ4n) is 1.36. The summed E-state index contributed by atoms with van der Waals surface area (Å²) in [5.41, 5.74) is -2.00. The van der Waals surface area contributed by atoms with Crippen molar-refractivity contribution in [2.24, 2.45) is 0 Å². The number of amides is 1. The number of benzene rings is 1. The number of carbonyl (C=O) groups is 2. The number of ether oxygens (including phenoxy) is 1. The number of carboxylic acid groups (broad SMARTS) is 1. The summed E-state index contributed by atoms with van der Waals surface area (Å²) in [6.45, 7) is 3.09. The summed E-state index contributed by atoms with van der Waals surface area (Å²) >= 11 is 0. The SMILES string of the molecule is CC(C)OC(=O)Nc1cc(C(F)(F)F)ccc1C(=O)O. The van der Waals surface area contributed by atoms with E-state index >= 15 is 0 Å². The van der Waals surface area contributed by atoms with E-state index in [0.29, 0.717) is 12.1 Å². The van der Waals surface area contributed by atoms with E-state index < -0.39 is 41.2 Å². The van der Waals surface area contributed by atoms with Crippen LogP contribution in [-0.4, -0.2) is 23.3 Å². The predicted molar refractivity (Wildman–Crippen MR) is 63.6 cm³/mol. The average molecular weight is 291 g/mol. The van der Waals surface area contributed by atoms with E-state index in [2.05, 4.69) is 0 Å². The van der Waals surface area contributed by atoms with E-state index in [0.717, 1.165) is 6.07 Å². The Labute approximate surface area is 112 Å². The van der Waals surface area contributed by atoms with Gasteiger partial charge in [0.1, 0.15) is 0 Å². The summed E-state index contributed by atoms with van der Waals surface area (Å²) in [6.07, 6.45) is -6.16. The van der Waals surface area contributed by atoms with Crippen LogP contribution < -0.4 is 5.32 Å². The molecule has 0 aromatic heterocycles. The fraction of sp³-hybridized carbons (Fsp3) is 0.333. The Kier molecular flexibility index (Phi) is 4.59. The number of aromatic carboxylic acids is 1. The van der Waals surface area contributed by atoms with Crippen molar-refractivity contribution < 1.29 is 32.6 Å². The molecular weight excluding hydrogens is 279 g/mol. The molecular formula is C12H12F3NO4. The van der Waals surface area contributed by atoms with Gasteiger partial charge in [-0.1, -0.05) is 0 Å². The zero-order valence-electron chi connectivity index (χ0n) is 10.6. The average Bonchev–Trinajstić information content (AvgIpc) is 2.25. The highest BCUT2D eigenvalue weighted by atomic mass is 19.4. The van der Waals surface area contributed by atoms with Gasteiger partial charge < -0.3 is 9.84 Å². The monoisotopic (exact) mass is 291 g/mol. The Morgan fingerprint density at radius 1 is 1.30 bits per heavy atom. The molecule has 0 aliphatic rings. The van der Waals surface area contributed by atoms with Gasteiger partial charge in [-0.15, -0.1) is 0 Å². The summed E-state index contributed by atoms with van der Waals surface area (Å²) in [4.78, 5) is 22.3. The van der Waals surface area contributed by atoms with Crippen LogP contribution in [-0.2, 0) is 10.9 Å². The van der Waals surface area contributed by atoms with Crippen LogP contribution >= 0.6 is 0 Å². The molecule has 0 unspecified atom stereocenters. The van der Waals surface area contributed by atoms with Crippen molar-refractivity contribution in [1.29, 1.82) is 0 Å². The molecule has 2 N–H and O–H groups in total. The molecule has 5 nitrogen and oxygen atoms in total. The second-order valence-electron chi connectivity index (χ2n) is 4.14. The maximum absolute atomic E-state index is 12.6. The second kappa shape index (κ2) is 5.81. The molecule has 1 amide bonds. The van der Waals surface area contributed by atoms with Crippen molar-refractivity contribution in [2.75, 3.05) is 5.32 Å². The minimum Gasteiger partial charge on any atom is -0.478 e. The number of halogens is 3. The number of alkyl halides is 3. The lowest BCUT2D eigenvalue weighted by Crippen LogP contribution is -2.20. The molecule has 8 heteroatoms. The van der Waals surface area contributed by atoms with Crippen molar-refractivity contribution in [3.63, 3.8) is 0 Å². The first-order valence-electron chi connectivity index (χ1n) is 5.53. The third kappa shape index (κ3) is 4.15. The molecule has 1 aromatic carbocycles. The molecule has 0 heterocycles. The van der Waals surface area contributed by atoms with Crippen molar-refractivity contribution in [1.82, 2.24) is 0 Å². The van der Waals surface area contributed by atoms with Gasteiger partial charge in [-0.05, 0) is 32.0 Å². The zero-order chi connectivity index (χ0) is 15.5. The Morgan fingerprint density at radius 3 is 2.35 bits per heavy atom. The van der Waals surface area contributed by atoms with E-state index in [1.165, 1.54) is 0 Å². The lowest BCUT2D eigenvalue weighted by atomic mass is 10.1. The number of rotatable bonds is 3. The molecule has 0 radical (unpaired) electrons. The van der Waals surface area contributed by atoms with Crippen LogP contribution in [0.15, 0.2) is 18.2 Å². The second-order valence-corrected chi connectivity index (χ2v) is 4.14. The number of hydrogen-bond acceptors (Lipinski definition) is 3. The van der Waals surface area contributed by atoms with Gasteiger partial charge in [0.2, 0.25) is 0 Å². The minimum atomic E-state index is -4.64. The first kappa shape index (κ1) is 15.8. The summed E-state index contributed by atoms with van der Waals surface area (Å²) < 4.78 is 42.4. The Balaban J connectivity index is 3.13. The number of hydrogen-bond donors (Lipinski definition) is 2. The van der Waals surface area contributed by atoms with Gasteiger partial charge in [-0.2, -0.15) is 13.2 Å². The van der Waals surface area contributed by atoms with Crippen molar-refractivity contribution in [3.05, 3.63) is 29.3 Å². The van der Waals surface area contributed by atoms with Gasteiger partial charge in [0.05, 0.1) is 22.9 Å². The summed E-state index contributed by atoms with van der Waals surface area (Å²) in [5.74, 6) is -1.46. The van der Waals surface area contributed by atoms with Crippen LogP contribution in [0, 0.1) is 0 Å². The van der Waals surface area contributed by atoms with Gasteiger partial charge in [-0.3, -0.25) is 5.32 Å². The standard InChI is InChI=1S/C12H12F3NO4/c1-6(2)20-11(19)16-9-5-7(12(13,14)15)3-4-8(9)10(17)18/h3-6H,1-2H3,(H,16,19)(H,17,18). The fourth-order valence-corrected chi connectivity index (χ4v) is 1.36. The predicted octanol–water partition coefficient (Wildman–Crippen LogP) is 3.36. The molecule has 0 saturated carbocycles. The first-order chi connectivity index (χ1) is 9.11. The van der Waals surface area contributed by atoms with E-state index in [4.69, 9.17) is 9.84 Å². The smallest absolute Gasteiger partial charge is 0.416 e. The zero-order valence-corrected chi connectivity index (χ0v) is 10.6. The molecule has 110 valence electrons. The van der Waals surface area contributed by atoms with Crippen molar-refractivity contribution in [2.45, 2.75) is 26.1 Å². The molecule has 20 heavy (non-hydrogen) atoms. The molecule has 0 aliphatic carbocycles. The third-order valence-corrected chi connectivity index (χ3v) is 2.16. The molecule has 0 saturated heterocycles. The molecule has 0 bridgehead atoms. The lowest BCUT2D eigenvalue weighted by Gasteiger charge is -2.13. The highest BCUT2D eigenvalue weighted by Crippen LogP contribution is 2.32. The molecule has 0 spiro atoms. The Bertz CT molecular complexity index is 526. The maximum Gasteiger partial charge on any atom is 0.416 e.